The molecule has 0 saturated heterocycles. The molecule has 1 N–H and O–H groups in total. The fourth-order valence-corrected chi connectivity index (χ4v) is 3.43. The lowest BCUT2D eigenvalue weighted by molar-refractivity contribution is -0.120. The molecule has 170 valence electrons. The van der Waals surface area contributed by atoms with E-state index in [2.05, 4.69) is 9.71 Å². The predicted octanol–water partition coefficient (Wildman–Crippen LogP) is 3.57. The van der Waals surface area contributed by atoms with Gasteiger partial charge in [-0.1, -0.05) is 37.6 Å². The molecule has 0 bridgehead atoms. The molecule has 10 heteroatoms. The minimum absolute atomic E-state index is 0.272. The van der Waals surface area contributed by atoms with Crippen LogP contribution in [0.2, 0.25) is 5.02 Å². The van der Waals surface area contributed by atoms with Gasteiger partial charge >= 0.3 is 0 Å². The molecule has 0 fully saturated rings. The second-order valence-corrected chi connectivity index (χ2v) is 10.1. The predicted molar refractivity (Wildman–Crippen MR) is 122 cm³/mol. The van der Waals surface area contributed by atoms with E-state index in [1.807, 2.05) is 38.1 Å². The van der Waals surface area contributed by atoms with E-state index in [0.29, 0.717) is 23.3 Å². The van der Waals surface area contributed by atoms with Crippen molar-refractivity contribution in [1.82, 2.24) is 9.71 Å². The summed E-state index contributed by atoms with van der Waals surface area (Å²) in [5.74, 6) is 1.01. The first-order chi connectivity index (χ1) is 14.5. The van der Waals surface area contributed by atoms with Crippen LogP contribution >= 0.6 is 23.2 Å². The lowest BCUT2D eigenvalue weighted by Gasteiger charge is -2.26. The molecule has 1 aromatic carbocycles. The lowest BCUT2D eigenvalue weighted by atomic mass is 9.79. The molecule has 2 rings (SSSR count). The average Bonchev–Trinajstić information content (AvgIpc) is 2.71. The van der Waals surface area contributed by atoms with Crippen molar-refractivity contribution >= 4 is 39.0 Å². The van der Waals surface area contributed by atoms with Crippen LogP contribution in [0.4, 0.5) is 0 Å². The van der Waals surface area contributed by atoms with Crippen LogP contribution in [0.3, 0.4) is 0 Å². The second kappa shape index (κ2) is 11.1. The van der Waals surface area contributed by atoms with Gasteiger partial charge in [0.1, 0.15) is 12.4 Å². The number of halogens is 2. The fourth-order valence-electron chi connectivity index (χ4n) is 2.66. The summed E-state index contributed by atoms with van der Waals surface area (Å²) in [6.45, 7) is 3.99. The Morgan fingerprint density at radius 1 is 1.16 bits per heavy atom. The Morgan fingerprint density at radius 3 is 2.45 bits per heavy atom. The Kier molecular flexibility index (Phi) is 9.12. The van der Waals surface area contributed by atoms with Gasteiger partial charge in [-0.25, -0.2) is 18.1 Å². The van der Waals surface area contributed by atoms with Gasteiger partial charge in [-0.05, 0) is 29.7 Å². The standard InChI is InChI=1S/C21H26Cl2N2O5S/c1-21(2,15-5-7-19(18(23)11-15)29-10-4-9-22)16-6-8-20(24-12-16)30-14-17(26)13-25-31(3,27)28/h5-8,11-12,25H,4,9-10,13-14H2,1-3H3. The average molecular weight is 489 g/mol. The number of nitrogens with zero attached hydrogens (tertiary/aromatic N) is 1. The van der Waals surface area contributed by atoms with Crippen LogP contribution in [0.1, 0.15) is 31.4 Å². The molecule has 0 radical (unpaired) electrons. The molecule has 7 nitrogen and oxygen atoms in total. The highest BCUT2D eigenvalue weighted by atomic mass is 35.5. The van der Waals surface area contributed by atoms with Gasteiger partial charge in [-0.15, -0.1) is 11.6 Å². The molecule has 0 aliphatic heterocycles. The summed E-state index contributed by atoms with van der Waals surface area (Å²) >= 11 is 12.1. The number of rotatable bonds is 12. The first-order valence-corrected chi connectivity index (χ1v) is 12.4. The summed E-state index contributed by atoms with van der Waals surface area (Å²) < 4.78 is 35.1. The number of aromatic nitrogens is 1. The molecule has 0 aliphatic rings. The van der Waals surface area contributed by atoms with E-state index in [1.165, 1.54) is 0 Å². The van der Waals surface area contributed by atoms with E-state index in [-0.39, 0.29) is 24.4 Å². The quantitative estimate of drug-likeness (QED) is 0.362. The first-order valence-electron chi connectivity index (χ1n) is 9.57. The molecular formula is C21H26Cl2N2O5S. The largest absolute Gasteiger partial charge is 0.492 e. The maximum Gasteiger partial charge on any atom is 0.213 e. The molecule has 0 spiro atoms. The van der Waals surface area contributed by atoms with Crippen molar-refractivity contribution < 1.29 is 22.7 Å². The smallest absolute Gasteiger partial charge is 0.213 e. The molecule has 0 aliphatic carbocycles. The van der Waals surface area contributed by atoms with Crippen molar-refractivity contribution in [2.75, 3.05) is 31.9 Å². The summed E-state index contributed by atoms with van der Waals surface area (Å²) in [5.41, 5.74) is 1.52. The van der Waals surface area contributed by atoms with Gasteiger partial charge in [-0.2, -0.15) is 0 Å². The molecule has 2 aromatic rings. The van der Waals surface area contributed by atoms with Gasteiger partial charge in [0.2, 0.25) is 15.9 Å². The Balaban J connectivity index is 2.02. The minimum Gasteiger partial charge on any atom is -0.492 e. The molecule has 0 atom stereocenters. The van der Waals surface area contributed by atoms with Crippen molar-refractivity contribution in [2.45, 2.75) is 25.7 Å². The number of benzene rings is 1. The van der Waals surface area contributed by atoms with Gasteiger partial charge < -0.3 is 9.47 Å². The number of hydrogen-bond donors (Lipinski definition) is 1. The summed E-state index contributed by atoms with van der Waals surface area (Å²) in [7, 11) is -3.43. The Bertz CT molecular complexity index is 995. The number of carbonyl (C=O) groups is 1. The maximum atomic E-state index is 11.7. The third-order valence-electron chi connectivity index (χ3n) is 4.56. The molecule has 0 unspecified atom stereocenters. The summed E-state index contributed by atoms with van der Waals surface area (Å²) in [6.07, 6.45) is 3.40. The molecule has 1 heterocycles. The summed E-state index contributed by atoms with van der Waals surface area (Å²) in [6, 6.07) is 9.20. The van der Waals surface area contributed by atoms with Crippen molar-refractivity contribution in [3.63, 3.8) is 0 Å². The zero-order valence-corrected chi connectivity index (χ0v) is 20.0. The van der Waals surface area contributed by atoms with Crippen LogP contribution in [0, 0.1) is 0 Å². The van der Waals surface area contributed by atoms with Crippen molar-refractivity contribution in [3.05, 3.63) is 52.7 Å². The number of nitrogens with one attached hydrogen (secondary N) is 1. The number of ketones is 1. The highest BCUT2D eigenvalue weighted by Crippen LogP contribution is 2.36. The number of ether oxygens (including phenoxy) is 2. The van der Waals surface area contributed by atoms with E-state index < -0.39 is 15.8 Å². The van der Waals surface area contributed by atoms with Crippen LogP contribution < -0.4 is 14.2 Å². The molecule has 31 heavy (non-hydrogen) atoms. The normalized spacial score (nSPS) is 11.9. The molecular weight excluding hydrogens is 463 g/mol. The minimum atomic E-state index is -3.43. The van der Waals surface area contributed by atoms with Crippen LogP contribution in [-0.4, -0.2) is 51.1 Å². The molecule has 0 amide bonds. The second-order valence-electron chi connectivity index (χ2n) is 7.47. The van der Waals surface area contributed by atoms with Crippen LogP contribution in [0.15, 0.2) is 36.5 Å². The molecule has 1 aromatic heterocycles. The van der Waals surface area contributed by atoms with Crippen LogP contribution in [0.5, 0.6) is 11.6 Å². The van der Waals surface area contributed by atoms with Gasteiger partial charge in [-0.3, -0.25) is 4.79 Å². The molecule has 0 saturated carbocycles. The number of alkyl halides is 1. The lowest BCUT2D eigenvalue weighted by Crippen LogP contribution is -2.31. The van der Waals surface area contributed by atoms with Crippen molar-refractivity contribution in [1.29, 1.82) is 0 Å². The topological polar surface area (TPSA) is 94.6 Å². The number of Topliss-reactive ketones (excluding diaryl/α,β-unsaturated/α-hetero) is 1. The summed E-state index contributed by atoms with van der Waals surface area (Å²) in [5, 5.41) is 0.522. The monoisotopic (exact) mass is 488 g/mol. The highest BCUT2D eigenvalue weighted by Gasteiger charge is 2.25. The third-order valence-corrected chi connectivity index (χ3v) is 5.79. The third kappa shape index (κ3) is 7.96. The Morgan fingerprint density at radius 2 is 1.87 bits per heavy atom. The van der Waals surface area contributed by atoms with E-state index in [0.717, 1.165) is 23.8 Å². The number of sulfonamides is 1. The number of pyridine rings is 1. The highest BCUT2D eigenvalue weighted by molar-refractivity contribution is 7.88. The van der Waals surface area contributed by atoms with Gasteiger partial charge in [0, 0.05) is 23.6 Å². The fraction of sp³-hybridized carbons (Fsp3) is 0.429. The maximum absolute atomic E-state index is 11.7. The first kappa shape index (κ1) is 25.4. The Hall–Kier alpha value is -1.87. The number of carbonyl (C=O) groups excluding carboxylic acids is 1. The van der Waals surface area contributed by atoms with Crippen molar-refractivity contribution in [2.24, 2.45) is 0 Å². The van der Waals surface area contributed by atoms with E-state index in [4.69, 9.17) is 32.7 Å². The van der Waals surface area contributed by atoms with Gasteiger partial charge in [0.05, 0.1) is 24.4 Å². The zero-order chi connectivity index (χ0) is 23.1. The van der Waals surface area contributed by atoms with Gasteiger partial charge in [0.15, 0.2) is 5.78 Å². The zero-order valence-electron chi connectivity index (χ0n) is 17.7. The van der Waals surface area contributed by atoms with Crippen molar-refractivity contribution in [3.8, 4) is 11.6 Å². The SMILES string of the molecule is CC(C)(c1ccc(OCC(=O)CNS(C)(=O)=O)nc1)c1ccc(OCCCCl)c(Cl)c1. The van der Waals surface area contributed by atoms with Crippen LogP contribution in [0.25, 0.3) is 0 Å². The Labute approximate surface area is 193 Å². The van der Waals surface area contributed by atoms with E-state index in [9.17, 15) is 13.2 Å². The van der Waals surface area contributed by atoms with E-state index in [1.54, 1.807) is 12.3 Å². The van der Waals surface area contributed by atoms with Gasteiger partial charge in [0.25, 0.3) is 0 Å². The van der Waals surface area contributed by atoms with Crippen LogP contribution in [-0.2, 0) is 20.2 Å². The summed E-state index contributed by atoms with van der Waals surface area (Å²) in [4.78, 5) is 16.0. The number of hydrogen-bond acceptors (Lipinski definition) is 6. The van der Waals surface area contributed by atoms with E-state index >= 15 is 0 Å².